The van der Waals surface area contributed by atoms with Crippen molar-refractivity contribution in [2.24, 2.45) is 0 Å². The first-order valence-corrected chi connectivity index (χ1v) is 10.4. The first kappa shape index (κ1) is 26.0. The van der Waals surface area contributed by atoms with Gasteiger partial charge in [-0.15, -0.1) is 24.8 Å². The minimum absolute atomic E-state index is 0. The summed E-state index contributed by atoms with van der Waals surface area (Å²) < 4.78 is 5.82. The van der Waals surface area contributed by atoms with Crippen LogP contribution in [0.3, 0.4) is 0 Å². The summed E-state index contributed by atoms with van der Waals surface area (Å²) in [5, 5.41) is 3.39. The van der Waals surface area contributed by atoms with Gasteiger partial charge in [-0.1, -0.05) is 13.8 Å². The van der Waals surface area contributed by atoms with Crippen LogP contribution in [0.4, 0.5) is 0 Å². The third-order valence-electron chi connectivity index (χ3n) is 5.79. The molecule has 0 aromatic heterocycles. The molecule has 1 unspecified atom stereocenters. The Balaban J connectivity index is 0.00000210. The Bertz CT molecular complexity index is 593. The van der Waals surface area contributed by atoms with E-state index < -0.39 is 0 Å². The average molecular weight is 447 g/mol. The largest absolute Gasteiger partial charge is 0.492 e. The number of carbonyl (C=O) groups is 1. The first-order chi connectivity index (χ1) is 13.2. The third kappa shape index (κ3) is 7.30. The van der Waals surface area contributed by atoms with E-state index in [9.17, 15) is 4.79 Å². The monoisotopic (exact) mass is 446 g/mol. The molecule has 2 aliphatic rings. The number of likely N-dealkylation sites (N-methyl/N-ethyl adjacent to an activating group) is 1. The average Bonchev–Trinajstić information content (AvgIpc) is 3.22. The quantitative estimate of drug-likeness (QED) is 0.663. The van der Waals surface area contributed by atoms with Gasteiger partial charge in [-0.25, -0.2) is 0 Å². The second-order valence-electron chi connectivity index (χ2n) is 7.38. The van der Waals surface area contributed by atoms with Gasteiger partial charge in [0.1, 0.15) is 12.4 Å². The molecule has 1 aromatic carbocycles. The molecule has 6 nitrogen and oxygen atoms in total. The molecule has 2 heterocycles. The van der Waals surface area contributed by atoms with E-state index in [4.69, 9.17) is 4.74 Å². The van der Waals surface area contributed by atoms with Crippen LogP contribution in [0, 0.1) is 0 Å². The van der Waals surface area contributed by atoms with Crippen molar-refractivity contribution in [3.8, 4) is 5.75 Å². The smallest absolute Gasteiger partial charge is 0.253 e. The number of halogens is 2. The lowest BCUT2D eigenvalue weighted by Gasteiger charge is -2.32. The van der Waals surface area contributed by atoms with E-state index in [2.05, 4.69) is 29.0 Å². The second-order valence-corrected chi connectivity index (χ2v) is 7.38. The summed E-state index contributed by atoms with van der Waals surface area (Å²) in [4.78, 5) is 19.7. The number of benzene rings is 1. The van der Waals surface area contributed by atoms with Crippen LogP contribution in [0.1, 0.15) is 30.6 Å². The van der Waals surface area contributed by atoms with Crippen LogP contribution in [0.15, 0.2) is 24.3 Å². The highest BCUT2D eigenvalue weighted by atomic mass is 35.5. The minimum atomic E-state index is 0. The molecular weight excluding hydrogens is 411 g/mol. The Morgan fingerprint density at radius 3 is 2.38 bits per heavy atom. The predicted octanol–water partition coefficient (Wildman–Crippen LogP) is 2.37. The molecule has 2 aliphatic heterocycles. The number of piperazine rings is 1. The predicted molar refractivity (Wildman–Crippen MR) is 123 cm³/mol. The van der Waals surface area contributed by atoms with Crippen molar-refractivity contribution in [1.82, 2.24) is 20.0 Å². The van der Waals surface area contributed by atoms with Crippen LogP contribution in [-0.2, 0) is 0 Å². The fourth-order valence-corrected chi connectivity index (χ4v) is 3.98. The number of hydrogen-bond donors (Lipinski definition) is 1. The zero-order valence-electron chi connectivity index (χ0n) is 17.6. The molecule has 2 fully saturated rings. The number of rotatable bonds is 8. The number of nitrogens with zero attached hydrogens (tertiary/aromatic N) is 3. The van der Waals surface area contributed by atoms with E-state index in [0.717, 1.165) is 76.6 Å². The number of amides is 1. The molecule has 0 bridgehead atoms. The summed E-state index contributed by atoms with van der Waals surface area (Å²) in [6.45, 7) is 14.0. The van der Waals surface area contributed by atoms with Gasteiger partial charge in [0.05, 0.1) is 0 Å². The van der Waals surface area contributed by atoms with Gasteiger partial charge in [0.15, 0.2) is 0 Å². The van der Waals surface area contributed by atoms with Gasteiger partial charge in [0, 0.05) is 57.4 Å². The molecule has 1 N–H and O–H groups in total. The lowest BCUT2D eigenvalue weighted by Crippen LogP contribution is -2.49. The van der Waals surface area contributed by atoms with Crippen LogP contribution in [0.2, 0.25) is 0 Å². The number of carbonyl (C=O) groups excluding carboxylic acids is 1. The lowest BCUT2D eigenvalue weighted by atomic mass is 10.2. The van der Waals surface area contributed by atoms with Crippen molar-refractivity contribution in [2.75, 3.05) is 65.5 Å². The summed E-state index contributed by atoms with van der Waals surface area (Å²) in [5.74, 6) is 0.973. The SMILES string of the molecule is CCN(CC)CCOc1ccc(C(=O)N2CCC(N3CCNCC3)C2)cc1.Cl.Cl. The normalized spacial score (nSPS) is 19.6. The van der Waals surface area contributed by atoms with Crippen molar-refractivity contribution in [2.45, 2.75) is 26.3 Å². The summed E-state index contributed by atoms with van der Waals surface area (Å²) in [6, 6.07) is 8.14. The van der Waals surface area contributed by atoms with E-state index in [0.29, 0.717) is 12.6 Å². The van der Waals surface area contributed by atoms with Crippen LogP contribution in [-0.4, -0.2) is 92.2 Å². The molecule has 0 radical (unpaired) electrons. The zero-order valence-corrected chi connectivity index (χ0v) is 19.3. The topological polar surface area (TPSA) is 48.1 Å². The molecule has 1 amide bonds. The van der Waals surface area contributed by atoms with Crippen molar-refractivity contribution >= 4 is 30.7 Å². The van der Waals surface area contributed by atoms with E-state index in [1.54, 1.807) is 0 Å². The third-order valence-corrected chi connectivity index (χ3v) is 5.79. The van der Waals surface area contributed by atoms with Gasteiger partial charge < -0.3 is 19.9 Å². The molecule has 2 saturated heterocycles. The Kier molecular flexibility index (Phi) is 11.9. The molecule has 0 aliphatic carbocycles. The van der Waals surface area contributed by atoms with Crippen molar-refractivity contribution in [1.29, 1.82) is 0 Å². The fraction of sp³-hybridized carbons (Fsp3) is 0.667. The van der Waals surface area contributed by atoms with Gasteiger partial charge in [-0.3, -0.25) is 9.69 Å². The van der Waals surface area contributed by atoms with Crippen molar-refractivity contribution in [3.63, 3.8) is 0 Å². The highest BCUT2D eigenvalue weighted by molar-refractivity contribution is 5.94. The van der Waals surface area contributed by atoms with Crippen molar-refractivity contribution < 1.29 is 9.53 Å². The van der Waals surface area contributed by atoms with Gasteiger partial charge in [0.25, 0.3) is 5.91 Å². The maximum Gasteiger partial charge on any atom is 0.253 e. The molecule has 0 spiro atoms. The molecule has 1 aromatic rings. The Labute approximate surface area is 187 Å². The maximum atomic E-state index is 12.8. The number of ether oxygens (including phenoxy) is 1. The second kappa shape index (κ2) is 13.3. The van der Waals surface area contributed by atoms with Crippen LogP contribution < -0.4 is 10.1 Å². The Morgan fingerprint density at radius 2 is 1.76 bits per heavy atom. The summed E-state index contributed by atoms with van der Waals surface area (Å²) in [7, 11) is 0. The van der Waals surface area contributed by atoms with E-state index in [-0.39, 0.29) is 30.7 Å². The minimum Gasteiger partial charge on any atom is -0.492 e. The molecule has 8 heteroatoms. The molecule has 0 saturated carbocycles. The van der Waals surface area contributed by atoms with Gasteiger partial charge in [-0.05, 0) is 43.8 Å². The van der Waals surface area contributed by atoms with Gasteiger partial charge >= 0.3 is 0 Å². The van der Waals surface area contributed by atoms with E-state index >= 15 is 0 Å². The Hall–Kier alpha value is -1.05. The fourth-order valence-electron chi connectivity index (χ4n) is 3.98. The maximum absolute atomic E-state index is 12.8. The highest BCUT2D eigenvalue weighted by Gasteiger charge is 2.31. The van der Waals surface area contributed by atoms with Gasteiger partial charge in [0.2, 0.25) is 0 Å². The standard InChI is InChI=1S/C21H34N4O2.2ClH/c1-3-23(4-2)15-16-27-20-7-5-18(6-8-20)21(26)25-12-9-19(17-25)24-13-10-22-11-14-24;;/h5-8,19,22H,3-4,9-17H2,1-2H3;2*1H. The van der Waals surface area contributed by atoms with Crippen LogP contribution in [0.5, 0.6) is 5.75 Å². The summed E-state index contributed by atoms with van der Waals surface area (Å²) in [6.07, 6.45) is 1.08. The zero-order chi connectivity index (χ0) is 19.1. The van der Waals surface area contributed by atoms with Crippen LogP contribution in [0.25, 0.3) is 0 Å². The molecule has 166 valence electrons. The van der Waals surface area contributed by atoms with E-state index in [1.807, 2.05) is 29.2 Å². The van der Waals surface area contributed by atoms with Crippen LogP contribution >= 0.6 is 24.8 Å². The van der Waals surface area contributed by atoms with Crippen molar-refractivity contribution in [3.05, 3.63) is 29.8 Å². The first-order valence-electron chi connectivity index (χ1n) is 10.4. The number of hydrogen-bond acceptors (Lipinski definition) is 5. The van der Waals surface area contributed by atoms with E-state index in [1.165, 1.54) is 0 Å². The highest BCUT2D eigenvalue weighted by Crippen LogP contribution is 2.20. The summed E-state index contributed by atoms with van der Waals surface area (Å²) >= 11 is 0. The summed E-state index contributed by atoms with van der Waals surface area (Å²) in [5.41, 5.74) is 0.757. The molecule has 1 atom stereocenters. The van der Waals surface area contributed by atoms with Gasteiger partial charge in [-0.2, -0.15) is 0 Å². The molecule has 3 rings (SSSR count). The number of likely N-dealkylation sites (tertiary alicyclic amines) is 1. The number of nitrogens with one attached hydrogen (secondary N) is 1. The molecule has 29 heavy (non-hydrogen) atoms. The Morgan fingerprint density at radius 1 is 1.10 bits per heavy atom. The molecular formula is C21H36Cl2N4O2. The lowest BCUT2D eigenvalue weighted by molar-refractivity contribution is 0.0773.